The number of carbonyl (C=O) groups excluding carboxylic acids is 1. The molecule has 0 saturated heterocycles. The Hall–Kier alpha value is -1.33. The van der Waals surface area contributed by atoms with Gasteiger partial charge < -0.3 is 15.4 Å². The zero-order valence-electron chi connectivity index (χ0n) is 10.4. The van der Waals surface area contributed by atoms with Crippen molar-refractivity contribution in [3.05, 3.63) is 29.8 Å². The summed E-state index contributed by atoms with van der Waals surface area (Å²) in [4.78, 5) is 11.8. The third-order valence-corrected chi connectivity index (χ3v) is 2.23. The van der Waals surface area contributed by atoms with Gasteiger partial charge in [0.05, 0.1) is 0 Å². The third-order valence-electron chi connectivity index (χ3n) is 2.23. The van der Waals surface area contributed by atoms with E-state index in [1.807, 2.05) is 20.8 Å². The van der Waals surface area contributed by atoms with E-state index in [4.69, 9.17) is 10.0 Å². The van der Waals surface area contributed by atoms with Crippen LogP contribution in [-0.4, -0.2) is 29.6 Å². The third kappa shape index (κ3) is 4.59. The minimum atomic E-state index is -1.55. The summed E-state index contributed by atoms with van der Waals surface area (Å²) in [5.41, 5.74) is 0.761. The number of amides is 1. The molecular formula is C12H18BNO3. The molecule has 0 fully saturated rings. The zero-order chi connectivity index (χ0) is 13.1. The highest BCUT2D eigenvalue weighted by molar-refractivity contribution is 6.58. The highest BCUT2D eigenvalue weighted by Crippen LogP contribution is 2.10. The van der Waals surface area contributed by atoms with Crippen molar-refractivity contribution in [2.24, 2.45) is 5.41 Å². The molecule has 4 nitrogen and oxygen atoms in total. The molecule has 0 radical (unpaired) electrons. The molecule has 0 aliphatic carbocycles. The molecule has 92 valence electrons. The summed E-state index contributed by atoms with van der Waals surface area (Å²) in [6.45, 7) is 6.65. The van der Waals surface area contributed by atoms with Gasteiger partial charge in [-0.1, -0.05) is 32.9 Å². The van der Waals surface area contributed by atoms with Gasteiger partial charge in [0.1, 0.15) is 0 Å². The molecule has 0 aliphatic heterocycles. The van der Waals surface area contributed by atoms with Gasteiger partial charge >= 0.3 is 7.12 Å². The van der Waals surface area contributed by atoms with Crippen LogP contribution in [0.2, 0.25) is 0 Å². The van der Waals surface area contributed by atoms with E-state index < -0.39 is 7.12 Å². The Morgan fingerprint density at radius 2 is 2.00 bits per heavy atom. The van der Waals surface area contributed by atoms with E-state index in [-0.39, 0.29) is 11.3 Å². The van der Waals surface area contributed by atoms with Crippen molar-refractivity contribution < 1.29 is 14.8 Å². The minimum absolute atomic E-state index is 0.0176. The minimum Gasteiger partial charge on any atom is -0.423 e. The number of hydrogen-bond donors (Lipinski definition) is 3. The van der Waals surface area contributed by atoms with E-state index in [1.54, 1.807) is 18.2 Å². The monoisotopic (exact) mass is 235 g/mol. The Kier molecular flexibility index (Phi) is 4.31. The van der Waals surface area contributed by atoms with Crippen LogP contribution in [0, 0.1) is 5.41 Å². The zero-order valence-corrected chi connectivity index (χ0v) is 10.4. The van der Waals surface area contributed by atoms with Crippen molar-refractivity contribution >= 4 is 18.5 Å². The largest absolute Gasteiger partial charge is 0.488 e. The van der Waals surface area contributed by atoms with Crippen LogP contribution in [0.5, 0.6) is 0 Å². The SMILES string of the molecule is CC(C)(C)CNC(=O)c1cccc(B(O)O)c1. The molecular weight excluding hydrogens is 217 g/mol. The first-order valence-corrected chi connectivity index (χ1v) is 5.54. The van der Waals surface area contributed by atoms with Crippen LogP contribution in [0.3, 0.4) is 0 Å². The van der Waals surface area contributed by atoms with E-state index in [1.165, 1.54) is 6.07 Å². The summed E-state index contributed by atoms with van der Waals surface area (Å²) >= 11 is 0. The summed E-state index contributed by atoms with van der Waals surface area (Å²) in [5.74, 6) is -0.206. The first-order chi connectivity index (χ1) is 7.79. The molecule has 5 heteroatoms. The fourth-order valence-electron chi connectivity index (χ4n) is 1.29. The molecule has 0 atom stereocenters. The van der Waals surface area contributed by atoms with Crippen LogP contribution < -0.4 is 10.8 Å². The van der Waals surface area contributed by atoms with Gasteiger partial charge in [-0.05, 0) is 23.0 Å². The Balaban J connectivity index is 2.72. The highest BCUT2D eigenvalue weighted by atomic mass is 16.4. The summed E-state index contributed by atoms with van der Waals surface area (Å²) < 4.78 is 0. The Labute approximate surface area is 102 Å². The summed E-state index contributed by atoms with van der Waals surface area (Å²) in [7, 11) is -1.55. The lowest BCUT2D eigenvalue weighted by molar-refractivity contribution is 0.0939. The number of benzene rings is 1. The molecule has 1 aromatic rings. The number of hydrogen-bond acceptors (Lipinski definition) is 3. The first kappa shape index (κ1) is 13.7. The Bertz CT molecular complexity index is 399. The fourth-order valence-corrected chi connectivity index (χ4v) is 1.29. The molecule has 0 heterocycles. The van der Waals surface area contributed by atoms with Crippen molar-refractivity contribution in [2.45, 2.75) is 20.8 Å². The van der Waals surface area contributed by atoms with Gasteiger partial charge in [0.25, 0.3) is 5.91 Å². The molecule has 1 rings (SSSR count). The van der Waals surface area contributed by atoms with Crippen LogP contribution >= 0.6 is 0 Å². The molecule has 17 heavy (non-hydrogen) atoms. The van der Waals surface area contributed by atoms with E-state index in [0.29, 0.717) is 17.6 Å². The lowest BCUT2D eigenvalue weighted by Crippen LogP contribution is -2.34. The Morgan fingerprint density at radius 1 is 1.35 bits per heavy atom. The summed E-state index contributed by atoms with van der Waals surface area (Å²) in [5, 5.41) is 20.8. The molecule has 0 spiro atoms. The predicted molar refractivity (Wildman–Crippen MR) is 68.1 cm³/mol. The quantitative estimate of drug-likeness (QED) is 0.653. The lowest BCUT2D eigenvalue weighted by Gasteiger charge is -2.18. The molecule has 0 bridgehead atoms. The molecule has 0 aromatic heterocycles. The normalized spacial score (nSPS) is 11.1. The molecule has 1 aromatic carbocycles. The predicted octanol–water partition coefficient (Wildman–Crippen LogP) is 0.142. The van der Waals surface area contributed by atoms with Crippen molar-refractivity contribution in [2.75, 3.05) is 6.54 Å². The van der Waals surface area contributed by atoms with Crippen LogP contribution in [0.1, 0.15) is 31.1 Å². The average molecular weight is 235 g/mol. The molecule has 3 N–H and O–H groups in total. The second kappa shape index (κ2) is 5.34. The number of nitrogens with one attached hydrogen (secondary N) is 1. The van der Waals surface area contributed by atoms with Gasteiger partial charge in [-0.15, -0.1) is 0 Å². The van der Waals surface area contributed by atoms with Crippen molar-refractivity contribution in [3.63, 3.8) is 0 Å². The maximum absolute atomic E-state index is 11.8. The summed E-state index contributed by atoms with van der Waals surface area (Å²) in [6.07, 6.45) is 0. The summed E-state index contributed by atoms with van der Waals surface area (Å²) in [6, 6.07) is 6.30. The number of carbonyl (C=O) groups is 1. The van der Waals surface area contributed by atoms with Gasteiger partial charge in [-0.2, -0.15) is 0 Å². The van der Waals surface area contributed by atoms with Crippen molar-refractivity contribution in [3.8, 4) is 0 Å². The van der Waals surface area contributed by atoms with Gasteiger partial charge in [-0.3, -0.25) is 4.79 Å². The molecule has 0 unspecified atom stereocenters. The van der Waals surface area contributed by atoms with Gasteiger partial charge in [0.2, 0.25) is 0 Å². The van der Waals surface area contributed by atoms with E-state index in [9.17, 15) is 4.79 Å². The van der Waals surface area contributed by atoms with Crippen LogP contribution in [0.4, 0.5) is 0 Å². The maximum Gasteiger partial charge on any atom is 0.488 e. The van der Waals surface area contributed by atoms with E-state index >= 15 is 0 Å². The van der Waals surface area contributed by atoms with Crippen molar-refractivity contribution in [1.29, 1.82) is 0 Å². The second-order valence-electron chi connectivity index (χ2n) is 5.24. The standard InChI is InChI=1S/C12H18BNO3/c1-12(2,3)8-14-11(15)9-5-4-6-10(7-9)13(16)17/h4-7,16-17H,8H2,1-3H3,(H,14,15). The van der Waals surface area contributed by atoms with Crippen molar-refractivity contribution in [1.82, 2.24) is 5.32 Å². The van der Waals surface area contributed by atoms with Gasteiger partial charge in [0.15, 0.2) is 0 Å². The maximum atomic E-state index is 11.8. The van der Waals surface area contributed by atoms with Crippen LogP contribution in [0.15, 0.2) is 24.3 Å². The lowest BCUT2D eigenvalue weighted by atomic mass is 9.79. The van der Waals surface area contributed by atoms with Gasteiger partial charge in [-0.25, -0.2) is 0 Å². The fraction of sp³-hybridized carbons (Fsp3) is 0.417. The molecule has 1 amide bonds. The number of rotatable bonds is 3. The Morgan fingerprint density at radius 3 is 2.53 bits per heavy atom. The molecule has 0 saturated carbocycles. The highest BCUT2D eigenvalue weighted by Gasteiger charge is 2.15. The van der Waals surface area contributed by atoms with E-state index in [0.717, 1.165) is 0 Å². The second-order valence-corrected chi connectivity index (χ2v) is 5.24. The topological polar surface area (TPSA) is 69.6 Å². The average Bonchev–Trinajstić information content (AvgIpc) is 2.25. The van der Waals surface area contributed by atoms with E-state index in [2.05, 4.69) is 5.32 Å². The van der Waals surface area contributed by atoms with Crippen LogP contribution in [0.25, 0.3) is 0 Å². The molecule has 0 aliphatic rings. The smallest absolute Gasteiger partial charge is 0.423 e. The first-order valence-electron chi connectivity index (χ1n) is 5.54. The van der Waals surface area contributed by atoms with Gasteiger partial charge in [0, 0.05) is 12.1 Å². The van der Waals surface area contributed by atoms with Crippen LogP contribution in [-0.2, 0) is 0 Å².